The molecule has 0 atom stereocenters. The lowest BCUT2D eigenvalue weighted by Crippen LogP contribution is -2.37. The van der Waals surface area contributed by atoms with Crippen molar-refractivity contribution in [2.24, 2.45) is 5.10 Å². The second kappa shape index (κ2) is 7.67. The number of para-hydroxylation sites is 3. The van der Waals surface area contributed by atoms with E-state index < -0.39 is 0 Å². The third-order valence-electron chi connectivity index (χ3n) is 4.56. The average Bonchev–Trinajstić information content (AvgIpc) is 3.11. The number of rotatable bonds is 5. The normalized spacial score (nSPS) is 14.8. The Morgan fingerprint density at radius 1 is 1.04 bits per heavy atom. The van der Waals surface area contributed by atoms with E-state index in [4.69, 9.17) is 24.3 Å². The van der Waals surface area contributed by atoms with Gasteiger partial charge >= 0.3 is 0 Å². The quantitative estimate of drug-likeness (QED) is 0.650. The van der Waals surface area contributed by atoms with Gasteiger partial charge in [0.15, 0.2) is 11.5 Å². The fourth-order valence-corrected chi connectivity index (χ4v) is 3.22. The highest BCUT2D eigenvalue weighted by Crippen LogP contribution is 2.30. The summed E-state index contributed by atoms with van der Waals surface area (Å²) in [6, 6.07) is 13.7. The lowest BCUT2D eigenvalue weighted by Gasteiger charge is -2.27. The molecule has 0 saturated carbocycles. The summed E-state index contributed by atoms with van der Waals surface area (Å²) in [5.41, 5.74) is 2.70. The lowest BCUT2D eigenvalue weighted by molar-refractivity contribution is 0.122. The summed E-state index contributed by atoms with van der Waals surface area (Å²) >= 11 is 0. The van der Waals surface area contributed by atoms with Crippen molar-refractivity contribution in [2.75, 3.05) is 45.4 Å². The highest BCUT2D eigenvalue weighted by atomic mass is 16.5. The third-order valence-corrected chi connectivity index (χ3v) is 4.56. The number of hydrogen-bond donors (Lipinski definition) is 0. The average molecular weight is 366 g/mol. The molecular weight excluding hydrogens is 344 g/mol. The van der Waals surface area contributed by atoms with Gasteiger partial charge in [-0.05, 0) is 24.3 Å². The smallest absolute Gasteiger partial charge is 0.227 e. The summed E-state index contributed by atoms with van der Waals surface area (Å²) < 4.78 is 18.2. The minimum atomic E-state index is 0.654. The van der Waals surface area contributed by atoms with Crippen LogP contribution in [-0.2, 0) is 4.74 Å². The first-order valence-corrected chi connectivity index (χ1v) is 8.87. The SMILES string of the molecule is COc1cccc(/C=N\n2c(N3CCOCC3)nc3ccccc32)c1OC. The van der Waals surface area contributed by atoms with Crippen LogP contribution in [0.15, 0.2) is 47.6 Å². The molecule has 1 saturated heterocycles. The predicted molar refractivity (Wildman–Crippen MR) is 105 cm³/mol. The first-order chi connectivity index (χ1) is 13.3. The summed E-state index contributed by atoms with van der Waals surface area (Å²) in [6.07, 6.45) is 1.78. The van der Waals surface area contributed by atoms with Crippen LogP contribution in [0.2, 0.25) is 0 Å². The van der Waals surface area contributed by atoms with Crippen LogP contribution >= 0.6 is 0 Å². The molecule has 0 unspecified atom stereocenters. The van der Waals surface area contributed by atoms with Crippen molar-refractivity contribution in [1.82, 2.24) is 9.66 Å². The molecule has 3 aromatic rings. The summed E-state index contributed by atoms with van der Waals surface area (Å²) in [5.74, 6) is 2.14. The van der Waals surface area contributed by atoms with Gasteiger partial charge in [0.2, 0.25) is 5.95 Å². The van der Waals surface area contributed by atoms with Crippen molar-refractivity contribution >= 4 is 23.2 Å². The number of aromatic nitrogens is 2. The van der Waals surface area contributed by atoms with E-state index >= 15 is 0 Å². The molecule has 1 aliphatic rings. The molecular formula is C20H22N4O3. The molecule has 0 N–H and O–H groups in total. The molecule has 4 rings (SSSR count). The van der Waals surface area contributed by atoms with Gasteiger partial charge < -0.3 is 19.1 Å². The van der Waals surface area contributed by atoms with E-state index in [1.54, 1.807) is 20.4 Å². The van der Waals surface area contributed by atoms with Gasteiger partial charge in [0, 0.05) is 18.7 Å². The van der Waals surface area contributed by atoms with E-state index in [2.05, 4.69) is 4.90 Å². The summed E-state index contributed by atoms with van der Waals surface area (Å²) in [5, 5.41) is 4.73. The molecule has 2 aromatic carbocycles. The summed E-state index contributed by atoms with van der Waals surface area (Å²) in [4.78, 5) is 6.99. The minimum absolute atomic E-state index is 0.654. The molecule has 140 valence electrons. The van der Waals surface area contributed by atoms with Crippen molar-refractivity contribution in [3.05, 3.63) is 48.0 Å². The second-order valence-corrected chi connectivity index (χ2v) is 6.14. The van der Waals surface area contributed by atoms with Crippen molar-refractivity contribution in [1.29, 1.82) is 0 Å². The molecule has 0 spiro atoms. The van der Waals surface area contributed by atoms with Gasteiger partial charge in [-0.3, -0.25) is 0 Å². The molecule has 2 heterocycles. The molecule has 1 aromatic heterocycles. The topological polar surface area (TPSA) is 61.1 Å². The molecule has 0 aliphatic carbocycles. The van der Waals surface area contributed by atoms with Gasteiger partial charge in [-0.25, -0.2) is 4.98 Å². The number of methoxy groups -OCH3 is 2. The lowest BCUT2D eigenvalue weighted by atomic mass is 10.2. The van der Waals surface area contributed by atoms with Gasteiger partial charge in [-0.1, -0.05) is 18.2 Å². The van der Waals surface area contributed by atoms with Crippen LogP contribution in [0.5, 0.6) is 11.5 Å². The Morgan fingerprint density at radius 2 is 1.85 bits per heavy atom. The second-order valence-electron chi connectivity index (χ2n) is 6.14. The van der Waals surface area contributed by atoms with Crippen LogP contribution in [0.4, 0.5) is 5.95 Å². The fraction of sp³-hybridized carbons (Fsp3) is 0.300. The van der Waals surface area contributed by atoms with Gasteiger partial charge in [0.25, 0.3) is 0 Å². The van der Waals surface area contributed by atoms with Crippen molar-refractivity contribution < 1.29 is 14.2 Å². The van der Waals surface area contributed by atoms with Gasteiger partial charge in [-0.2, -0.15) is 9.78 Å². The van der Waals surface area contributed by atoms with Crippen LogP contribution in [0.1, 0.15) is 5.56 Å². The Bertz CT molecular complexity index is 961. The number of anilines is 1. The number of morpholine rings is 1. The standard InChI is InChI=1S/C20H22N4O3/c1-25-18-9-5-6-15(19(18)26-2)14-21-24-17-8-4-3-7-16(17)22-20(24)23-10-12-27-13-11-23/h3-9,14H,10-13H2,1-2H3/b21-14-. The van der Waals surface area contributed by atoms with Gasteiger partial charge in [-0.15, -0.1) is 0 Å². The Hall–Kier alpha value is -3.06. The molecule has 1 aliphatic heterocycles. The van der Waals surface area contributed by atoms with E-state index in [-0.39, 0.29) is 0 Å². The van der Waals surface area contributed by atoms with Crippen molar-refractivity contribution in [3.63, 3.8) is 0 Å². The highest BCUT2D eigenvalue weighted by molar-refractivity contribution is 5.86. The van der Waals surface area contributed by atoms with E-state index in [0.717, 1.165) is 35.6 Å². The monoisotopic (exact) mass is 366 g/mol. The molecule has 0 amide bonds. The maximum atomic E-state index is 5.50. The van der Waals surface area contributed by atoms with Crippen LogP contribution in [0.3, 0.4) is 0 Å². The first kappa shape index (κ1) is 17.4. The number of benzene rings is 2. The molecule has 0 bridgehead atoms. The van der Waals surface area contributed by atoms with Crippen LogP contribution in [0.25, 0.3) is 11.0 Å². The zero-order valence-corrected chi connectivity index (χ0v) is 15.5. The predicted octanol–water partition coefficient (Wildman–Crippen LogP) is 2.77. The molecule has 7 nitrogen and oxygen atoms in total. The van der Waals surface area contributed by atoms with Crippen LogP contribution in [0, 0.1) is 0 Å². The molecule has 0 radical (unpaired) electrons. The number of fused-ring (bicyclic) bond motifs is 1. The first-order valence-electron chi connectivity index (χ1n) is 8.87. The number of imidazole rings is 1. The fourth-order valence-electron chi connectivity index (χ4n) is 3.22. The van der Waals surface area contributed by atoms with Crippen LogP contribution in [-0.4, -0.2) is 56.4 Å². The van der Waals surface area contributed by atoms with Crippen molar-refractivity contribution in [2.45, 2.75) is 0 Å². The van der Waals surface area contributed by atoms with Gasteiger partial charge in [0.1, 0.15) is 0 Å². The Labute approximate surface area is 157 Å². The number of ether oxygens (including phenoxy) is 3. The maximum Gasteiger partial charge on any atom is 0.227 e. The Morgan fingerprint density at radius 3 is 2.63 bits per heavy atom. The van der Waals surface area contributed by atoms with E-state index in [9.17, 15) is 0 Å². The highest BCUT2D eigenvalue weighted by Gasteiger charge is 2.19. The zero-order chi connectivity index (χ0) is 18.6. The number of nitrogens with zero attached hydrogens (tertiary/aromatic N) is 4. The van der Waals surface area contributed by atoms with E-state index in [1.165, 1.54) is 0 Å². The van der Waals surface area contributed by atoms with Crippen LogP contribution < -0.4 is 14.4 Å². The minimum Gasteiger partial charge on any atom is -0.493 e. The maximum absolute atomic E-state index is 5.50. The molecule has 7 heteroatoms. The molecule has 27 heavy (non-hydrogen) atoms. The Kier molecular flexibility index (Phi) is 4.93. The zero-order valence-electron chi connectivity index (χ0n) is 15.5. The third kappa shape index (κ3) is 3.33. The van der Waals surface area contributed by atoms with E-state index in [1.807, 2.05) is 47.1 Å². The van der Waals surface area contributed by atoms with Gasteiger partial charge in [0.05, 0.1) is 44.7 Å². The Balaban J connectivity index is 1.78. The largest absolute Gasteiger partial charge is 0.493 e. The van der Waals surface area contributed by atoms with Crippen molar-refractivity contribution in [3.8, 4) is 11.5 Å². The summed E-state index contributed by atoms with van der Waals surface area (Å²) in [7, 11) is 3.25. The number of hydrogen-bond acceptors (Lipinski definition) is 6. The molecule has 1 fully saturated rings. The summed E-state index contributed by atoms with van der Waals surface area (Å²) in [6.45, 7) is 2.97. The van der Waals surface area contributed by atoms with E-state index in [0.29, 0.717) is 24.7 Å².